The molecule has 0 heterocycles. The molecule has 0 saturated heterocycles. The van der Waals surface area contributed by atoms with Gasteiger partial charge in [-0.2, -0.15) is 28.6 Å². The normalized spacial score (nSPS) is 14.1. The van der Waals surface area contributed by atoms with Gasteiger partial charge in [0.2, 0.25) is 0 Å². The molecule has 0 aliphatic rings. The maximum atomic E-state index is 12.6. The standard InChI is InChI=1S/C20H31NO10S3/c1-20(2,3)30-18(22)17(21-19(23)28-11-15-9-7-6-8-10-15)14-32-13-16(31-34(5,26)27)12-29-33(4,24)25/h6-10,16-17H,11-14H2,1-5H3,(H,21,23). The molecule has 14 heteroatoms. The average Bonchev–Trinajstić information content (AvgIpc) is 2.67. The van der Waals surface area contributed by atoms with E-state index in [1.54, 1.807) is 45.0 Å². The third kappa shape index (κ3) is 15.1. The number of benzene rings is 1. The Labute approximate surface area is 205 Å². The molecule has 0 radical (unpaired) electrons. The van der Waals surface area contributed by atoms with Crippen molar-refractivity contribution in [3.8, 4) is 0 Å². The van der Waals surface area contributed by atoms with Crippen LogP contribution in [0.1, 0.15) is 26.3 Å². The van der Waals surface area contributed by atoms with Crippen molar-refractivity contribution in [2.24, 2.45) is 0 Å². The molecule has 1 aromatic rings. The van der Waals surface area contributed by atoms with Gasteiger partial charge >= 0.3 is 12.1 Å². The van der Waals surface area contributed by atoms with Crippen LogP contribution in [-0.4, -0.2) is 77.3 Å². The number of alkyl carbamates (subject to hydrolysis) is 1. The fourth-order valence-electron chi connectivity index (χ4n) is 2.32. The number of hydrogen-bond donors (Lipinski definition) is 1. The van der Waals surface area contributed by atoms with Crippen molar-refractivity contribution in [2.75, 3.05) is 30.6 Å². The summed E-state index contributed by atoms with van der Waals surface area (Å²) in [6, 6.07) is 7.82. The van der Waals surface area contributed by atoms with E-state index in [0.717, 1.165) is 29.8 Å². The average molecular weight is 542 g/mol. The molecule has 0 aromatic heterocycles. The van der Waals surface area contributed by atoms with Crippen LogP contribution in [0.15, 0.2) is 30.3 Å². The van der Waals surface area contributed by atoms with Gasteiger partial charge in [-0.15, -0.1) is 0 Å². The van der Waals surface area contributed by atoms with Gasteiger partial charge in [0.1, 0.15) is 24.4 Å². The van der Waals surface area contributed by atoms with E-state index in [1.807, 2.05) is 6.07 Å². The maximum Gasteiger partial charge on any atom is 0.408 e. The number of rotatable bonds is 13. The lowest BCUT2D eigenvalue weighted by molar-refractivity contribution is -0.156. The molecule has 0 fully saturated rings. The predicted molar refractivity (Wildman–Crippen MR) is 127 cm³/mol. The zero-order valence-electron chi connectivity index (χ0n) is 19.7. The summed E-state index contributed by atoms with van der Waals surface area (Å²) in [4.78, 5) is 24.8. The highest BCUT2D eigenvalue weighted by atomic mass is 32.2. The van der Waals surface area contributed by atoms with E-state index < -0.39 is 56.7 Å². The lowest BCUT2D eigenvalue weighted by atomic mass is 10.2. The number of carbonyl (C=O) groups excluding carboxylic acids is 2. The highest BCUT2D eigenvalue weighted by Crippen LogP contribution is 2.15. The van der Waals surface area contributed by atoms with E-state index in [2.05, 4.69) is 9.50 Å². The van der Waals surface area contributed by atoms with E-state index in [9.17, 15) is 26.4 Å². The van der Waals surface area contributed by atoms with Crippen molar-refractivity contribution in [3.63, 3.8) is 0 Å². The second-order valence-corrected chi connectivity index (χ2v) is 12.6. The Kier molecular flexibility index (Phi) is 11.8. The minimum absolute atomic E-state index is 0.00599. The quantitative estimate of drug-likeness (QED) is 0.287. The van der Waals surface area contributed by atoms with Crippen LogP contribution in [0.5, 0.6) is 0 Å². The van der Waals surface area contributed by atoms with Crippen molar-refractivity contribution in [2.45, 2.75) is 45.1 Å². The first-order valence-electron chi connectivity index (χ1n) is 10.0. The largest absolute Gasteiger partial charge is 0.458 e. The molecular formula is C20H31NO10S3. The molecule has 194 valence electrons. The molecule has 0 aliphatic heterocycles. The summed E-state index contributed by atoms with van der Waals surface area (Å²) in [7, 11) is -7.73. The van der Waals surface area contributed by atoms with E-state index in [4.69, 9.17) is 13.7 Å². The van der Waals surface area contributed by atoms with Crippen LogP contribution in [0.2, 0.25) is 0 Å². The monoisotopic (exact) mass is 541 g/mol. The summed E-state index contributed by atoms with van der Waals surface area (Å²) < 4.78 is 65.4. The Bertz CT molecular complexity index is 1000. The first kappa shape index (κ1) is 30.2. The van der Waals surface area contributed by atoms with Crippen molar-refractivity contribution in [1.29, 1.82) is 0 Å². The zero-order valence-corrected chi connectivity index (χ0v) is 22.1. The number of esters is 1. The molecule has 0 saturated carbocycles. The van der Waals surface area contributed by atoms with E-state index >= 15 is 0 Å². The van der Waals surface area contributed by atoms with E-state index in [-0.39, 0.29) is 18.1 Å². The SMILES string of the molecule is CC(C)(C)OC(=O)C(CSCC(COS(C)(=O)=O)OS(C)(=O)=O)NC(=O)OCc1ccccc1. The number of thioether (sulfide) groups is 1. The Morgan fingerprint density at radius 2 is 1.62 bits per heavy atom. The smallest absolute Gasteiger partial charge is 0.408 e. The summed E-state index contributed by atoms with van der Waals surface area (Å²) in [6.07, 6.45) is -0.344. The molecule has 1 N–H and O–H groups in total. The summed E-state index contributed by atoms with van der Waals surface area (Å²) >= 11 is 1.04. The predicted octanol–water partition coefficient (Wildman–Crippen LogP) is 1.68. The van der Waals surface area contributed by atoms with Crippen molar-refractivity contribution in [3.05, 3.63) is 35.9 Å². The molecule has 2 atom stereocenters. The molecule has 0 spiro atoms. The maximum absolute atomic E-state index is 12.6. The first-order valence-corrected chi connectivity index (χ1v) is 14.8. The van der Waals surface area contributed by atoms with Crippen molar-refractivity contribution >= 4 is 44.1 Å². The first-order chi connectivity index (χ1) is 15.5. The Balaban J connectivity index is 2.78. The minimum atomic E-state index is -3.90. The Hall–Kier alpha value is -1.87. The topological polar surface area (TPSA) is 151 Å². The van der Waals surface area contributed by atoms with Gasteiger partial charge < -0.3 is 14.8 Å². The van der Waals surface area contributed by atoms with Crippen LogP contribution < -0.4 is 5.32 Å². The van der Waals surface area contributed by atoms with Gasteiger partial charge in [0.05, 0.1) is 19.1 Å². The van der Waals surface area contributed by atoms with Gasteiger partial charge in [-0.1, -0.05) is 30.3 Å². The van der Waals surface area contributed by atoms with Gasteiger partial charge in [-0.25, -0.2) is 9.59 Å². The Morgan fingerprint density at radius 1 is 1.00 bits per heavy atom. The van der Waals surface area contributed by atoms with E-state index in [1.165, 1.54) is 0 Å². The Morgan fingerprint density at radius 3 is 2.15 bits per heavy atom. The van der Waals surface area contributed by atoms with Crippen LogP contribution in [0.3, 0.4) is 0 Å². The fourth-order valence-corrected chi connectivity index (χ4v) is 4.44. The van der Waals surface area contributed by atoms with Crippen LogP contribution in [0.4, 0.5) is 4.79 Å². The minimum Gasteiger partial charge on any atom is -0.458 e. The molecule has 1 amide bonds. The van der Waals surface area contributed by atoms with Gasteiger partial charge in [0.25, 0.3) is 20.2 Å². The number of carbonyl (C=O) groups is 2. The van der Waals surface area contributed by atoms with Crippen LogP contribution >= 0.6 is 11.8 Å². The molecule has 34 heavy (non-hydrogen) atoms. The number of nitrogens with one attached hydrogen (secondary N) is 1. The second-order valence-electron chi connectivity index (χ2n) is 8.24. The molecule has 11 nitrogen and oxygen atoms in total. The number of amides is 1. The molecular weight excluding hydrogens is 510 g/mol. The van der Waals surface area contributed by atoms with Gasteiger partial charge in [0.15, 0.2) is 0 Å². The highest BCUT2D eigenvalue weighted by molar-refractivity contribution is 7.99. The zero-order chi connectivity index (χ0) is 26.0. The fraction of sp³-hybridized carbons (Fsp3) is 0.600. The number of ether oxygens (including phenoxy) is 2. The molecule has 1 aromatic carbocycles. The van der Waals surface area contributed by atoms with Gasteiger partial charge in [-0.3, -0.25) is 8.37 Å². The van der Waals surface area contributed by atoms with Crippen LogP contribution in [-0.2, 0) is 49.5 Å². The van der Waals surface area contributed by atoms with Crippen molar-refractivity contribution in [1.82, 2.24) is 5.32 Å². The van der Waals surface area contributed by atoms with E-state index in [0.29, 0.717) is 0 Å². The summed E-state index contributed by atoms with van der Waals surface area (Å²) in [6.45, 7) is 4.46. The summed E-state index contributed by atoms with van der Waals surface area (Å²) in [5, 5.41) is 2.45. The molecule has 0 bridgehead atoms. The summed E-state index contributed by atoms with van der Waals surface area (Å²) in [5.74, 6) is -0.801. The second kappa shape index (κ2) is 13.3. The summed E-state index contributed by atoms with van der Waals surface area (Å²) in [5.41, 5.74) is -0.0616. The third-order valence-corrected chi connectivity index (χ3v) is 5.93. The lowest BCUT2D eigenvalue weighted by Crippen LogP contribution is -2.46. The highest BCUT2D eigenvalue weighted by Gasteiger charge is 2.28. The van der Waals surface area contributed by atoms with Crippen LogP contribution in [0.25, 0.3) is 0 Å². The van der Waals surface area contributed by atoms with Crippen LogP contribution in [0, 0.1) is 0 Å². The molecule has 0 aliphatic carbocycles. The van der Waals surface area contributed by atoms with Crippen molar-refractivity contribution < 1.29 is 44.3 Å². The van der Waals surface area contributed by atoms with Gasteiger partial charge in [0, 0.05) is 11.5 Å². The third-order valence-electron chi connectivity index (χ3n) is 3.56. The number of hydrogen-bond acceptors (Lipinski definition) is 11. The molecule has 2 unspecified atom stereocenters. The lowest BCUT2D eigenvalue weighted by Gasteiger charge is -2.24. The molecule has 1 rings (SSSR count). The van der Waals surface area contributed by atoms with Gasteiger partial charge in [-0.05, 0) is 26.3 Å².